The third kappa shape index (κ3) is 5.16. The monoisotopic (exact) mass is 389 g/mol. The Morgan fingerprint density at radius 1 is 0.931 bits per heavy atom. The molecule has 0 spiro atoms. The Labute approximate surface area is 169 Å². The summed E-state index contributed by atoms with van der Waals surface area (Å²) in [7, 11) is 0. The van der Waals surface area contributed by atoms with Crippen molar-refractivity contribution in [1.82, 2.24) is 9.97 Å². The number of benzene rings is 2. The van der Waals surface area contributed by atoms with Crippen LogP contribution in [0.25, 0.3) is 0 Å². The molecule has 3 aromatic rings. The van der Waals surface area contributed by atoms with E-state index in [0.717, 1.165) is 17.7 Å². The van der Waals surface area contributed by atoms with Crippen LogP contribution in [0, 0.1) is 6.92 Å². The molecule has 3 N–H and O–H groups in total. The van der Waals surface area contributed by atoms with Gasteiger partial charge in [-0.15, -0.1) is 0 Å². The molecule has 0 aliphatic heterocycles. The lowest BCUT2D eigenvalue weighted by Gasteiger charge is -2.13. The Bertz CT molecular complexity index is 1010. The molecule has 0 unspecified atom stereocenters. The van der Waals surface area contributed by atoms with E-state index in [0.29, 0.717) is 22.9 Å². The highest BCUT2D eigenvalue weighted by Crippen LogP contribution is 2.23. The van der Waals surface area contributed by atoms with Gasteiger partial charge in [0.05, 0.1) is 5.56 Å². The summed E-state index contributed by atoms with van der Waals surface area (Å²) in [4.78, 5) is 32.0. The first-order valence-corrected chi connectivity index (χ1v) is 9.33. The molecule has 0 aliphatic carbocycles. The predicted molar refractivity (Wildman–Crippen MR) is 115 cm³/mol. The topological polar surface area (TPSA) is 96.0 Å². The van der Waals surface area contributed by atoms with E-state index < -0.39 is 0 Å². The molecule has 2 amide bonds. The van der Waals surface area contributed by atoms with Crippen LogP contribution >= 0.6 is 0 Å². The fraction of sp³-hybridized carbons (Fsp3) is 0.182. The van der Waals surface area contributed by atoms with Crippen LogP contribution in [0.15, 0.2) is 54.9 Å². The fourth-order valence-corrected chi connectivity index (χ4v) is 2.87. The van der Waals surface area contributed by atoms with Crippen molar-refractivity contribution >= 4 is 34.8 Å². The van der Waals surface area contributed by atoms with Gasteiger partial charge in [0.15, 0.2) is 0 Å². The lowest BCUT2D eigenvalue weighted by molar-refractivity contribution is -0.114. The van der Waals surface area contributed by atoms with Crippen LogP contribution in [0.3, 0.4) is 0 Å². The van der Waals surface area contributed by atoms with Gasteiger partial charge in [-0.2, -0.15) is 0 Å². The molecule has 3 rings (SSSR count). The Morgan fingerprint density at radius 3 is 2.14 bits per heavy atom. The normalized spacial score (nSPS) is 10.3. The van der Waals surface area contributed by atoms with Crippen molar-refractivity contribution in [3.05, 3.63) is 71.5 Å². The van der Waals surface area contributed by atoms with Crippen molar-refractivity contribution in [3.8, 4) is 0 Å². The van der Waals surface area contributed by atoms with E-state index in [-0.39, 0.29) is 11.8 Å². The third-order valence-electron chi connectivity index (χ3n) is 4.35. The summed E-state index contributed by atoms with van der Waals surface area (Å²) < 4.78 is 0. The molecule has 7 nitrogen and oxygen atoms in total. The summed E-state index contributed by atoms with van der Waals surface area (Å²) in [6, 6.07) is 13.0. The maximum Gasteiger partial charge on any atom is 0.258 e. The number of amides is 2. The highest BCUT2D eigenvalue weighted by molar-refractivity contribution is 6.04. The molecule has 2 aromatic carbocycles. The second-order valence-electron chi connectivity index (χ2n) is 6.60. The molecule has 0 fully saturated rings. The molecule has 0 saturated heterocycles. The fourth-order valence-electron chi connectivity index (χ4n) is 2.87. The number of aryl methyl sites for hydroxylation is 2. The molecule has 0 bridgehead atoms. The summed E-state index contributed by atoms with van der Waals surface area (Å²) >= 11 is 0. The van der Waals surface area contributed by atoms with Gasteiger partial charge in [0.2, 0.25) is 11.9 Å². The number of rotatable bonds is 6. The highest BCUT2D eigenvalue weighted by Gasteiger charge is 2.10. The SMILES string of the molecule is CCc1cccc(C)c1Nc1ncc(C(=O)Nc2ccc(NC(C)=O)cc2)cn1. The molecule has 29 heavy (non-hydrogen) atoms. The number of anilines is 4. The van der Waals surface area contributed by atoms with Gasteiger partial charge in [-0.3, -0.25) is 9.59 Å². The Balaban J connectivity index is 1.67. The Morgan fingerprint density at radius 2 is 1.55 bits per heavy atom. The van der Waals surface area contributed by atoms with Crippen LogP contribution in [0.1, 0.15) is 35.3 Å². The van der Waals surface area contributed by atoms with Gasteiger partial charge in [0.25, 0.3) is 5.91 Å². The van der Waals surface area contributed by atoms with E-state index in [1.807, 2.05) is 19.1 Å². The maximum atomic E-state index is 12.4. The predicted octanol–water partition coefficient (Wildman–Crippen LogP) is 4.30. The van der Waals surface area contributed by atoms with Crippen LogP contribution in [-0.4, -0.2) is 21.8 Å². The molecule has 148 valence electrons. The van der Waals surface area contributed by atoms with Gasteiger partial charge >= 0.3 is 0 Å². The smallest absolute Gasteiger partial charge is 0.258 e. The minimum absolute atomic E-state index is 0.149. The first-order valence-electron chi connectivity index (χ1n) is 9.33. The first kappa shape index (κ1) is 20.0. The lowest BCUT2D eigenvalue weighted by Crippen LogP contribution is -2.13. The average molecular weight is 389 g/mol. The number of hydrogen-bond donors (Lipinski definition) is 3. The second-order valence-corrected chi connectivity index (χ2v) is 6.60. The van der Waals surface area contributed by atoms with Gasteiger partial charge in [-0.05, 0) is 48.7 Å². The van der Waals surface area contributed by atoms with Gasteiger partial charge in [0.1, 0.15) is 0 Å². The van der Waals surface area contributed by atoms with Gasteiger partial charge < -0.3 is 16.0 Å². The molecule has 1 aromatic heterocycles. The molecule has 0 atom stereocenters. The summed E-state index contributed by atoms with van der Waals surface area (Å²) in [6.45, 7) is 5.56. The van der Waals surface area contributed by atoms with E-state index in [9.17, 15) is 9.59 Å². The van der Waals surface area contributed by atoms with Crippen LogP contribution < -0.4 is 16.0 Å². The summed E-state index contributed by atoms with van der Waals surface area (Å²) in [6.07, 6.45) is 3.87. The molecule has 7 heteroatoms. The van der Waals surface area contributed by atoms with Crippen LogP contribution in [0.2, 0.25) is 0 Å². The largest absolute Gasteiger partial charge is 0.326 e. The van der Waals surface area contributed by atoms with E-state index in [1.54, 1.807) is 24.3 Å². The number of carbonyl (C=O) groups excluding carboxylic acids is 2. The molecule has 0 aliphatic rings. The quantitative estimate of drug-likeness (QED) is 0.584. The van der Waals surface area contributed by atoms with Gasteiger partial charge in [-0.1, -0.05) is 25.1 Å². The minimum Gasteiger partial charge on any atom is -0.326 e. The molecule has 1 heterocycles. The Kier molecular flexibility index (Phi) is 6.19. The summed E-state index contributed by atoms with van der Waals surface area (Å²) in [5.41, 5.74) is 4.90. The van der Waals surface area contributed by atoms with Crippen molar-refractivity contribution in [1.29, 1.82) is 0 Å². The number of nitrogens with zero attached hydrogens (tertiary/aromatic N) is 2. The van der Waals surface area contributed by atoms with Crippen molar-refractivity contribution < 1.29 is 9.59 Å². The summed E-state index contributed by atoms with van der Waals surface area (Å²) in [5.74, 6) is -0.0245. The Hall–Kier alpha value is -3.74. The molecule has 0 radical (unpaired) electrons. The van der Waals surface area contributed by atoms with Crippen molar-refractivity contribution in [2.24, 2.45) is 0 Å². The van der Waals surface area contributed by atoms with E-state index in [1.165, 1.54) is 24.9 Å². The van der Waals surface area contributed by atoms with Gasteiger partial charge in [-0.25, -0.2) is 9.97 Å². The number of nitrogens with one attached hydrogen (secondary N) is 3. The van der Waals surface area contributed by atoms with Crippen LogP contribution in [0.5, 0.6) is 0 Å². The number of carbonyl (C=O) groups is 2. The molecule has 0 saturated carbocycles. The first-order chi connectivity index (χ1) is 14.0. The highest BCUT2D eigenvalue weighted by atomic mass is 16.2. The van der Waals surface area contributed by atoms with Crippen molar-refractivity contribution in [2.45, 2.75) is 27.2 Å². The molecular weight excluding hydrogens is 366 g/mol. The lowest BCUT2D eigenvalue weighted by atomic mass is 10.1. The second kappa shape index (κ2) is 8.97. The van der Waals surface area contributed by atoms with Crippen LogP contribution in [-0.2, 0) is 11.2 Å². The molecular formula is C22H23N5O2. The number of para-hydroxylation sites is 1. The zero-order chi connectivity index (χ0) is 20.8. The van der Waals surface area contributed by atoms with E-state index in [4.69, 9.17) is 0 Å². The minimum atomic E-state index is -0.311. The number of hydrogen-bond acceptors (Lipinski definition) is 5. The third-order valence-corrected chi connectivity index (χ3v) is 4.35. The van der Waals surface area contributed by atoms with Gasteiger partial charge in [0, 0.05) is 36.4 Å². The van der Waals surface area contributed by atoms with Crippen molar-refractivity contribution in [2.75, 3.05) is 16.0 Å². The number of aromatic nitrogens is 2. The zero-order valence-electron chi connectivity index (χ0n) is 16.6. The van der Waals surface area contributed by atoms with E-state index >= 15 is 0 Å². The van der Waals surface area contributed by atoms with Crippen molar-refractivity contribution in [3.63, 3.8) is 0 Å². The average Bonchev–Trinajstić information content (AvgIpc) is 2.71. The van der Waals surface area contributed by atoms with Crippen LogP contribution in [0.4, 0.5) is 23.0 Å². The maximum absolute atomic E-state index is 12.4. The zero-order valence-corrected chi connectivity index (χ0v) is 16.6. The summed E-state index contributed by atoms with van der Waals surface area (Å²) in [5, 5.41) is 8.70. The van der Waals surface area contributed by atoms with E-state index in [2.05, 4.69) is 38.9 Å². The standard InChI is InChI=1S/C22H23N5O2/c1-4-16-7-5-6-14(2)20(16)27-22-23-12-17(13-24-22)21(29)26-19-10-8-18(9-11-19)25-15(3)28/h5-13H,4H2,1-3H3,(H,25,28)(H,26,29)(H,23,24,27).